The molecule has 0 saturated carbocycles. The highest BCUT2D eigenvalue weighted by Gasteiger charge is 2.23. The number of amides is 3. The summed E-state index contributed by atoms with van der Waals surface area (Å²) in [5.74, 6) is 1.79. The summed E-state index contributed by atoms with van der Waals surface area (Å²) in [6.45, 7) is 2.01. The van der Waals surface area contributed by atoms with Gasteiger partial charge in [-0.1, -0.05) is 18.2 Å². The van der Waals surface area contributed by atoms with Crippen LogP contribution < -0.4 is 20.1 Å². The summed E-state index contributed by atoms with van der Waals surface area (Å²) in [5, 5.41) is 5.72. The summed E-state index contributed by atoms with van der Waals surface area (Å²) in [4.78, 5) is 26.2. The number of ether oxygens (including phenoxy) is 2. The number of nitrogens with zero attached hydrogens (tertiary/aromatic N) is 1. The molecule has 154 valence electrons. The normalized spacial score (nSPS) is 14.2. The number of piperidine rings is 1. The van der Waals surface area contributed by atoms with Gasteiger partial charge in [0.2, 0.25) is 0 Å². The number of benzene rings is 2. The highest BCUT2D eigenvalue weighted by Crippen LogP contribution is 2.18. The molecule has 2 aromatic rings. The van der Waals surface area contributed by atoms with Crippen LogP contribution >= 0.6 is 0 Å². The van der Waals surface area contributed by atoms with Crippen molar-refractivity contribution in [3.63, 3.8) is 0 Å². The largest absolute Gasteiger partial charge is 0.497 e. The van der Waals surface area contributed by atoms with E-state index >= 15 is 0 Å². The number of anilines is 1. The molecule has 7 heteroatoms. The molecule has 1 aliphatic heterocycles. The number of carbonyl (C=O) groups is 2. The SMILES string of the molecule is COc1ccc(NC(=O)NCC2CCN(C(=O)COc3ccccc3)CC2)cc1. The van der Waals surface area contributed by atoms with Gasteiger partial charge in [0.05, 0.1) is 7.11 Å². The summed E-state index contributed by atoms with van der Waals surface area (Å²) >= 11 is 0. The quantitative estimate of drug-likeness (QED) is 0.752. The average Bonchev–Trinajstić information content (AvgIpc) is 2.77. The number of para-hydroxylation sites is 1. The van der Waals surface area contributed by atoms with Crippen LogP contribution in [0.5, 0.6) is 11.5 Å². The number of hydrogen-bond donors (Lipinski definition) is 2. The van der Waals surface area contributed by atoms with Gasteiger partial charge >= 0.3 is 6.03 Å². The molecular formula is C22H27N3O4. The number of rotatable bonds is 7. The second-order valence-electron chi connectivity index (χ2n) is 6.99. The van der Waals surface area contributed by atoms with Crippen LogP contribution in [0.25, 0.3) is 0 Å². The van der Waals surface area contributed by atoms with Crippen molar-refractivity contribution < 1.29 is 19.1 Å². The van der Waals surface area contributed by atoms with Crippen molar-refractivity contribution in [2.45, 2.75) is 12.8 Å². The predicted molar refractivity (Wildman–Crippen MR) is 111 cm³/mol. The van der Waals surface area contributed by atoms with Crippen molar-refractivity contribution in [1.82, 2.24) is 10.2 Å². The third kappa shape index (κ3) is 6.41. The topological polar surface area (TPSA) is 79.9 Å². The Morgan fingerprint density at radius 1 is 1.00 bits per heavy atom. The lowest BCUT2D eigenvalue weighted by atomic mass is 9.97. The molecule has 0 bridgehead atoms. The van der Waals surface area contributed by atoms with Crippen LogP contribution in [0.3, 0.4) is 0 Å². The molecular weight excluding hydrogens is 370 g/mol. The first-order valence-corrected chi connectivity index (χ1v) is 9.78. The number of urea groups is 1. The van der Waals surface area contributed by atoms with Gasteiger partial charge in [0.25, 0.3) is 5.91 Å². The smallest absolute Gasteiger partial charge is 0.319 e. The van der Waals surface area contributed by atoms with E-state index in [2.05, 4.69) is 10.6 Å². The van der Waals surface area contributed by atoms with Gasteiger partial charge in [-0.2, -0.15) is 0 Å². The van der Waals surface area contributed by atoms with Crippen molar-refractivity contribution in [1.29, 1.82) is 0 Å². The third-order valence-corrected chi connectivity index (χ3v) is 4.97. The summed E-state index contributed by atoms with van der Waals surface area (Å²) < 4.78 is 10.6. The van der Waals surface area contributed by atoms with Crippen molar-refractivity contribution in [2.24, 2.45) is 5.92 Å². The fraction of sp³-hybridized carbons (Fsp3) is 0.364. The van der Waals surface area contributed by atoms with Gasteiger partial charge in [0, 0.05) is 25.3 Å². The molecule has 0 unspecified atom stereocenters. The lowest BCUT2D eigenvalue weighted by Crippen LogP contribution is -2.43. The van der Waals surface area contributed by atoms with Crippen molar-refractivity contribution in [2.75, 3.05) is 38.7 Å². The van der Waals surface area contributed by atoms with E-state index in [1.807, 2.05) is 35.2 Å². The molecule has 29 heavy (non-hydrogen) atoms. The molecule has 1 fully saturated rings. The standard InChI is InChI=1S/C22H27N3O4/c1-28-19-9-7-18(8-10-19)24-22(27)23-15-17-11-13-25(14-12-17)21(26)16-29-20-5-3-2-4-6-20/h2-10,17H,11-16H2,1H3,(H2,23,24,27). The summed E-state index contributed by atoms with van der Waals surface area (Å²) in [7, 11) is 1.60. The molecule has 0 radical (unpaired) electrons. The van der Waals surface area contributed by atoms with Crippen molar-refractivity contribution in [3.05, 3.63) is 54.6 Å². The van der Waals surface area contributed by atoms with Crippen molar-refractivity contribution in [3.8, 4) is 11.5 Å². The second-order valence-corrected chi connectivity index (χ2v) is 6.99. The molecule has 1 heterocycles. The number of likely N-dealkylation sites (tertiary alicyclic amines) is 1. The highest BCUT2D eigenvalue weighted by atomic mass is 16.5. The maximum absolute atomic E-state index is 12.3. The average molecular weight is 397 g/mol. The van der Waals surface area contributed by atoms with E-state index in [1.54, 1.807) is 31.4 Å². The third-order valence-electron chi connectivity index (χ3n) is 4.97. The van der Waals surface area contributed by atoms with Crippen LogP contribution in [0.1, 0.15) is 12.8 Å². The van der Waals surface area contributed by atoms with E-state index in [0.29, 0.717) is 37.0 Å². The molecule has 0 spiro atoms. The first-order valence-electron chi connectivity index (χ1n) is 9.78. The van der Waals surface area contributed by atoms with E-state index in [0.717, 1.165) is 18.6 Å². The van der Waals surface area contributed by atoms with Gasteiger partial charge in [-0.25, -0.2) is 4.79 Å². The van der Waals surface area contributed by atoms with Gasteiger partial charge in [-0.3, -0.25) is 4.79 Å². The number of carbonyl (C=O) groups excluding carboxylic acids is 2. The molecule has 0 aromatic heterocycles. The number of methoxy groups -OCH3 is 1. The van der Waals surface area contributed by atoms with Crippen LogP contribution in [0.15, 0.2) is 54.6 Å². The molecule has 2 N–H and O–H groups in total. The Hall–Kier alpha value is -3.22. The van der Waals surface area contributed by atoms with Gasteiger partial charge in [0.1, 0.15) is 11.5 Å². The highest BCUT2D eigenvalue weighted by molar-refractivity contribution is 5.89. The van der Waals surface area contributed by atoms with E-state index in [1.165, 1.54) is 0 Å². The summed E-state index contributed by atoms with van der Waals surface area (Å²) in [6, 6.07) is 16.3. The Morgan fingerprint density at radius 2 is 1.69 bits per heavy atom. The fourth-order valence-corrected chi connectivity index (χ4v) is 3.23. The van der Waals surface area contributed by atoms with E-state index in [9.17, 15) is 9.59 Å². The van der Waals surface area contributed by atoms with Crippen LogP contribution in [0, 0.1) is 5.92 Å². The lowest BCUT2D eigenvalue weighted by molar-refractivity contribution is -0.134. The minimum Gasteiger partial charge on any atom is -0.497 e. The van der Waals surface area contributed by atoms with Crippen LogP contribution in [0.2, 0.25) is 0 Å². The molecule has 1 aliphatic rings. The molecule has 0 atom stereocenters. The Bertz CT molecular complexity index is 787. The van der Waals surface area contributed by atoms with E-state index in [-0.39, 0.29) is 18.5 Å². The first kappa shape index (κ1) is 20.5. The molecule has 0 aliphatic carbocycles. The Kier molecular flexibility index (Phi) is 7.33. The maximum Gasteiger partial charge on any atom is 0.319 e. The Morgan fingerprint density at radius 3 is 2.34 bits per heavy atom. The predicted octanol–water partition coefficient (Wildman–Crippen LogP) is 3.13. The molecule has 7 nitrogen and oxygen atoms in total. The summed E-state index contributed by atoms with van der Waals surface area (Å²) in [6.07, 6.45) is 1.72. The lowest BCUT2D eigenvalue weighted by Gasteiger charge is -2.32. The number of nitrogens with one attached hydrogen (secondary N) is 2. The minimum absolute atomic E-state index is 0.00230. The molecule has 2 aromatic carbocycles. The van der Waals surface area contributed by atoms with Gasteiger partial charge in [-0.15, -0.1) is 0 Å². The van der Waals surface area contributed by atoms with Crippen LogP contribution in [-0.4, -0.2) is 50.2 Å². The maximum atomic E-state index is 12.3. The minimum atomic E-state index is -0.232. The second kappa shape index (κ2) is 10.4. The zero-order chi connectivity index (χ0) is 20.5. The zero-order valence-electron chi connectivity index (χ0n) is 16.6. The Balaban J connectivity index is 1.33. The van der Waals surface area contributed by atoms with E-state index < -0.39 is 0 Å². The van der Waals surface area contributed by atoms with Crippen molar-refractivity contribution >= 4 is 17.6 Å². The van der Waals surface area contributed by atoms with Crippen LogP contribution in [0.4, 0.5) is 10.5 Å². The molecule has 3 amide bonds. The van der Waals surface area contributed by atoms with E-state index in [4.69, 9.17) is 9.47 Å². The Labute approximate surface area is 171 Å². The molecule has 1 saturated heterocycles. The fourth-order valence-electron chi connectivity index (χ4n) is 3.23. The van der Waals surface area contributed by atoms with Gasteiger partial charge in [0.15, 0.2) is 6.61 Å². The first-order chi connectivity index (χ1) is 14.1. The van der Waals surface area contributed by atoms with Gasteiger partial charge in [-0.05, 0) is 55.2 Å². The van der Waals surface area contributed by atoms with Gasteiger partial charge < -0.3 is 25.0 Å². The number of hydrogen-bond acceptors (Lipinski definition) is 4. The zero-order valence-corrected chi connectivity index (χ0v) is 16.6. The van der Waals surface area contributed by atoms with Crippen LogP contribution in [-0.2, 0) is 4.79 Å². The molecule has 3 rings (SSSR count). The monoisotopic (exact) mass is 397 g/mol. The summed E-state index contributed by atoms with van der Waals surface area (Å²) in [5.41, 5.74) is 0.710.